The van der Waals surface area contributed by atoms with Crippen molar-refractivity contribution in [1.29, 1.82) is 0 Å². The first-order valence-electron chi connectivity index (χ1n) is 11.9. The van der Waals surface area contributed by atoms with Crippen molar-refractivity contribution in [2.75, 3.05) is 0 Å². The van der Waals surface area contributed by atoms with E-state index in [1.807, 2.05) is 36.4 Å². The van der Waals surface area contributed by atoms with E-state index in [9.17, 15) is 0 Å². The Morgan fingerprint density at radius 3 is 1.31 bits per heavy atom. The molecule has 0 amide bonds. The van der Waals surface area contributed by atoms with E-state index >= 15 is 13.2 Å². The van der Waals surface area contributed by atoms with Gasteiger partial charge < -0.3 is 0 Å². The van der Waals surface area contributed by atoms with Crippen LogP contribution in [-0.4, -0.2) is 0 Å². The van der Waals surface area contributed by atoms with Crippen LogP contribution in [0.1, 0.15) is 52.7 Å². The Kier molecular flexibility index (Phi) is 6.40. The summed E-state index contributed by atoms with van der Waals surface area (Å²) in [5.74, 6) is -2.63. The Labute approximate surface area is 206 Å². The normalized spacial score (nSPS) is 12.1. The third kappa shape index (κ3) is 5.05. The average molecular weight is 473 g/mol. The molecule has 0 N–H and O–H groups in total. The van der Waals surface area contributed by atoms with E-state index in [1.54, 1.807) is 18.2 Å². The summed E-state index contributed by atoms with van der Waals surface area (Å²) >= 11 is 0. The molecule has 180 valence electrons. The van der Waals surface area contributed by atoms with Gasteiger partial charge in [0, 0.05) is 16.7 Å². The van der Waals surface area contributed by atoms with E-state index in [0.29, 0.717) is 11.1 Å². The highest BCUT2D eigenvalue weighted by atomic mass is 19.2. The minimum absolute atomic E-state index is 0.0238. The molecule has 0 bridgehead atoms. The lowest BCUT2D eigenvalue weighted by Crippen LogP contribution is -2.10. The molecule has 0 fully saturated rings. The van der Waals surface area contributed by atoms with E-state index in [1.165, 1.54) is 29.8 Å². The van der Waals surface area contributed by atoms with Gasteiger partial charge in [-0.25, -0.2) is 13.2 Å². The molecule has 0 heterocycles. The van der Waals surface area contributed by atoms with Crippen LogP contribution < -0.4 is 0 Å². The lowest BCUT2D eigenvalue weighted by Gasteiger charge is -2.19. The fourth-order valence-electron chi connectivity index (χ4n) is 4.21. The van der Waals surface area contributed by atoms with Crippen LogP contribution in [0.5, 0.6) is 0 Å². The van der Waals surface area contributed by atoms with Gasteiger partial charge in [-0.15, -0.1) is 0 Å². The fourth-order valence-corrected chi connectivity index (χ4v) is 4.21. The smallest absolute Gasteiger partial charge is 0.167 e. The first-order chi connectivity index (χ1) is 16.4. The minimum Gasteiger partial charge on any atom is -0.206 e. The largest absolute Gasteiger partial charge is 0.206 e. The number of halogens is 3. The maximum atomic E-state index is 15.1. The second-order valence-corrected chi connectivity index (χ2v) is 11.1. The molecule has 0 unspecified atom stereocenters. The lowest BCUT2D eigenvalue weighted by atomic mass is 9.86. The Balaban J connectivity index is 1.66. The van der Waals surface area contributed by atoms with Gasteiger partial charge >= 0.3 is 0 Å². The van der Waals surface area contributed by atoms with Crippen molar-refractivity contribution < 1.29 is 13.2 Å². The molecule has 4 aromatic rings. The second-order valence-electron chi connectivity index (χ2n) is 11.1. The van der Waals surface area contributed by atoms with Gasteiger partial charge in [-0.3, -0.25) is 0 Å². The standard InChI is InChI=1S/C32H31F3/c1-31(2,3)23-12-7-20(8-13-23)22-11-16-26(28(33)19-22)27-18-17-25(29(34)30(27)35)21-9-14-24(15-10-21)32(4,5)6/h7-19H,1-6H3. The Morgan fingerprint density at radius 2 is 0.829 bits per heavy atom. The number of rotatable bonds is 3. The molecule has 0 saturated carbocycles. The van der Waals surface area contributed by atoms with Crippen molar-refractivity contribution in [3.63, 3.8) is 0 Å². The van der Waals surface area contributed by atoms with Gasteiger partial charge in [0.25, 0.3) is 0 Å². The monoisotopic (exact) mass is 472 g/mol. The van der Waals surface area contributed by atoms with E-state index in [0.717, 1.165) is 11.1 Å². The van der Waals surface area contributed by atoms with E-state index < -0.39 is 17.5 Å². The molecular weight excluding hydrogens is 441 g/mol. The average Bonchev–Trinajstić information content (AvgIpc) is 2.80. The Bertz CT molecular complexity index is 1350. The van der Waals surface area contributed by atoms with Crippen LogP contribution in [0, 0.1) is 17.5 Å². The third-order valence-corrected chi connectivity index (χ3v) is 6.49. The number of hydrogen-bond donors (Lipinski definition) is 0. The van der Waals surface area contributed by atoms with E-state index in [2.05, 4.69) is 41.5 Å². The molecule has 4 rings (SSSR count). The quantitative estimate of drug-likeness (QED) is 0.278. The first kappa shape index (κ1) is 24.8. The maximum Gasteiger partial charge on any atom is 0.167 e. The van der Waals surface area contributed by atoms with Crippen LogP contribution in [0.4, 0.5) is 13.2 Å². The highest BCUT2D eigenvalue weighted by molar-refractivity contribution is 5.75. The topological polar surface area (TPSA) is 0 Å². The number of benzene rings is 4. The minimum atomic E-state index is -1.05. The molecule has 0 aliphatic rings. The van der Waals surface area contributed by atoms with Crippen molar-refractivity contribution in [2.24, 2.45) is 0 Å². The predicted molar refractivity (Wildman–Crippen MR) is 140 cm³/mol. The molecule has 0 atom stereocenters. The van der Waals surface area contributed by atoms with Crippen LogP contribution in [0.3, 0.4) is 0 Å². The SMILES string of the molecule is CC(C)(C)c1ccc(-c2ccc(-c3ccc(-c4ccc(C(C)(C)C)cc4)c(F)c3F)c(F)c2)cc1. The molecule has 0 aliphatic carbocycles. The van der Waals surface area contributed by atoms with Crippen LogP contribution in [0.2, 0.25) is 0 Å². The molecular formula is C32H31F3. The summed E-state index contributed by atoms with van der Waals surface area (Å²) in [5, 5.41) is 0. The van der Waals surface area contributed by atoms with Crippen molar-refractivity contribution in [3.8, 4) is 33.4 Å². The van der Waals surface area contributed by atoms with Crippen LogP contribution in [-0.2, 0) is 10.8 Å². The molecule has 0 saturated heterocycles. The van der Waals surface area contributed by atoms with E-state index in [-0.39, 0.29) is 27.5 Å². The van der Waals surface area contributed by atoms with Gasteiger partial charge in [-0.1, -0.05) is 114 Å². The molecule has 35 heavy (non-hydrogen) atoms. The first-order valence-corrected chi connectivity index (χ1v) is 11.9. The number of hydrogen-bond acceptors (Lipinski definition) is 0. The van der Waals surface area contributed by atoms with Gasteiger partial charge in [-0.2, -0.15) is 0 Å². The summed E-state index contributed by atoms with van der Waals surface area (Å²) < 4.78 is 45.3. The summed E-state index contributed by atoms with van der Waals surface area (Å²) in [5.41, 5.74) is 4.50. The Hall–Kier alpha value is -3.33. The molecule has 0 aromatic heterocycles. The Morgan fingerprint density at radius 1 is 0.429 bits per heavy atom. The summed E-state index contributed by atoms with van der Waals surface area (Å²) in [4.78, 5) is 0. The summed E-state index contributed by atoms with van der Waals surface area (Å²) in [6, 6.07) is 23.0. The predicted octanol–water partition coefficient (Wildman–Crippen LogP) is 9.70. The molecule has 0 radical (unpaired) electrons. The van der Waals surface area contributed by atoms with Crippen LogP contribution in [0.25, 0.3) is 33.4 Å². The zero-order valence-electron chi connectivity index (χ0n) is 21.1. The summed E-state index contributed by atoms with van der Waals surface area (Å²) in [7, 11) is 0. The van der Waals surface area contributed by atoms with Crippen molar-refractivity contribution in [3.05, 3.63) is 107 Å². The second kappa shape index (κ2) is 9.03. The summed E-state index contributed by atoms with van der Waals surface area (Å²) in [6.45, 7) is 12.7. The fraction of sp³-hybridized carbons (Fsp3) is 0.250. The van der Waals surface area contributed by atoms with Gasteiger partial charge in [0.1, 0.15) is 5.82 Å². The maximum absolute atomic E-state index is 15.1. The highest BCUT2D eigenvalue weighted by Gasteiger charge is 2.20. The van der Waals surface area contributed by atoms with Gasteiger partial charge in [-0.05, 0) is 44.7 Å². The van der Waals surface area contributed by atoms with Crippen molar-refractivity contribution >= 4 is 0 Å². The van der Waals surface area contributed by atoms with E-state index in [4.69, 9.17) is 0 Å². The third-order valence-electron chi connectivity index (χ3n) is 6.49. The highest BCUT2D eigenvalue weighted by Crippen LogP contribution is 2.35. The lowest BCUT2D eigenvalue weighted by molar-refractivity contribution is 0.513. The summed E-state index contributed by atoms with van der Waals surface area (Å²) in [6.07, 6.45) is 0. The van der Waals surface area contributed by atoms with Crippen molar-refractivity contribution in [1.82, 2.24) is 0 Å². The van der Waals surface area contributed by atoms with Gasteiger partial charge in [0.2, 0.25) is 0 Å². The molecule has 0 aliphatic heterocycles. The van der Waals surface area contributed by atoms with Gasteiger partial charge in [0.05, 0.1) is 0 Å². The zero-order valence-corrected chi connectivity index (χ0v) is 21.1. The molecule has 4 aromatic carbocycles. The zero-order chi connectivity index (χ0) is 25.5. The molecule has 3 heteroatoms. The van der Waals surface area contributed by atoms with Gasteiger partial charge in [0.15, 0.2) is 11.6 Å². The van der Waals surface area contributed by atoms with Crippen LogP contribution >= 0.6 is 0 Å². The molecule has 0 nitrogen and oxygen atoms in total. The van der Waals surface area contributed by atoms with Crippen molar-refractivity contribution in [2.45, 2.75) is 52.4 Å². The molecule has 0 spiro atoms. The van der Waals surface area contributed by atoms with Crippen LogP contribution in [0.15, 0.2) is 78.9 Å².